The van der Waals surface area contributed by atoms with Crippen molar-refractivity contribution in [1.82, 2.24) is 0 Å². The molecule has 0 amide bonds. The van der Waals surface area contributed by atoms with Crippen LogP contribution in [0.3, 0.4) is 0 Å². The molecule has 0 spiro atoms. The maximum atomic E-state index is 12.3. The predicted molar refractivity (Wildman–Crippen MR) is 71.2 cm³/mol. The van der Waals surface area contributed by atoms with Gasteiger partial charge in [0.2, 0.25) is 0 Å². The highest BCUT2D eigenvalue weighted by Gasteiger charge is 2.44. The fourth-order valence-corrected chi connectivity index (χ4v) is 3.51. The van der Waals surface area contributed by atoms with Gasteiger partial charge in [0.25, 0.3) is 0 Å². The molecule has 3 unspecified atom stereocenters. The summed E-state index contributed by atoms with van der Waals surface area (Å²) in [7, 11) is 0. The number of halogens is 2. The lowest BCUT2D eigenvalue weighted by Crippen LogP contribution is -2.26. The highest BCUT2D eigenvalue weighted by Crippen LogP contribution is 2.40. The average Bonchev–Trinajstić information content (AvgIpc) is 2.96. The maximum absolute atomic E-state index is 12.3. The van der Waals surface area contributed by atoms with Crippen molar-refractivity contribution in [3.63, 3.8) is 0 Å². The molecule has 0 aliphatic carbocycles. The van der Waals surface area contributed by atoms with Crippen molar-refractivity contribution in [3.05, 3.63) is 33.8 Å². The van der Waals surface area contributed by atoms with Crippen LogP contribution in [-0.2, 0) is 16.0 Å². The fourth-order valence-electron chi connectivity index (χ4n) is 2.98. The van der Waals surface area contributed by atoms with Gasteiger partial charge >= 0.3 is 0 Å². The Balaban J connectivity index is 1.75. The molecule has 2 bridgehead atoms. The first-order chi connectivity index (χ1) is 8.65. The smallest absolute Gasteiger partial charge is 0.143 e. The zero-order chi connectivity index (χ0) is 12.7. The lowest BCUT2D eigenvalue weighted by molar-refractivity contribution is -0.123. The van der Waals surface area contributed by atoms with Crippen LogP contribution < -0.4 is 0 Å². The number of carbonyl (C=O) groups is 1. The second-order valence-electron chi connectivity index (χ2n) is 5.06. The summed E-state index contributed by atoms with van der Waals surface area (Å²) >= 11 is 12.2. The van der Waals surface area contributed by atoms with Crippen LogP contribution in [0.25, 0.3) is 0 Å². The Bertz CT molecular complexity index is 466. The van der Waals surface area contributed by atoms with Crippen LogP contribution in [0.2, 0.25) is 10.0 Å². The minimum absolute atomic E-state index is 0.0380. The molecule has 2 nitrogen and oxygen atoms in total. The van der Waals surface area contributed by atoms with Crippen LogP contribution >= 0.6 is 23.2 Å². The van der Waals surface area contributed by atoms with Gasteiger partial charge < -0.3 is 4.74 Å². The quantitative estimate of drug-likeness (QED) is 0.847. The van der Waals surface area contributed by atoms with E-state index in [1.807, 2.05) is 0 Å². The number of ketones is 1. The van der Waals surface area contributed by atoms with Crippen molar-refractivity contribution in [3.8, 4) is 0 Å². The summed E-state index contributed by atoms with van der Waals surface area (Å²) in [5.41, 5.74) is 0.744. The van der Waals surface area contributed by atoms with E-state index in [4.69, 9.17) is 27.9 Å². The van der Waals surface area contributed by atoms with Crippen LogP contribution in [0, 0.1) is 5.92 Å². The predicted octanol–water partition coefficient (Wildman–Crippen LogP) is 3.67. The van der Waals surface area contributed by atoms with Gasteiger partial charge in [-0.1, -0.05) is 29.3 Å². The molecule has 2 aliphatic rings. The van der Waals surface area contributed by atoms with E-state index in [9.17, 15) is 4.79 Å². The van der Waals surface area contributed by atoms with Crippen LogP contribution in [0.5, 0.6) is 0 Å². The van der Waals surface area contributed by atoms with Crippen molar-refractivity contribution in [2.45, 2.75) is 37.9 Å². The first-order valence-electron chi connectivity index (χ1n) is 6.26. The van der Waals surface area contributed by atoms with E-state index < -0.39 is 0 Å². The molecule has 2 fully saturated rings. The van der Waals surface area contributed by atoms with E-state index >= 15 is 0 Å². The number of benzene rings is 1. The SMILES string of the molecule is O=C(Cc1c(Cl)cccc1Cl)C1CC2CCC1O2. The Kier molecular flexibility index (Phi) is 3.35. The lowest BCUT2D eigenvalue weighted by atomic mass is 9.84. The van der Waals surface area contributed by atoms with Gasteiger partial charge in [0.1, 0.15) is 5.78 Å². The molecule has 2 saturated heterocycles. The molecule has 0 aromatic heterocycles. The number of ether oxygens (including phenoxy) is 1. The summed E-state index contributed by atoms with van der Waals surface area (Å²) in [6.07, 6.45) is 3.72. The standard InChI is InChI=1S/C14H14Cl2O2/c15-11-2-1-3-12(16)9(11)7-13(17)10-6-8-4-5-14(10)18-8/h1-3,8,10,14H,4-7H2. The summed E-state index contributed by atoms with van der Waals surface area (Å²) in [4.78, 5) is 12.3. The molecule has 1 aromatic carbocycles. The third-order valence-corrected chi connectivity index (χ3v) is 4.64. The van der Waals surface area contributed by atoms with Gasteiger partial charge in [0, 0.05) is 22.4 Å². The third kappa shape index (κ3) is 2.18. The molecule has 3 rings (SSSR count). The Morgan fingerprint density at radius 1 is 1.28 bits per heavy atom. The van der Waals surface area contributed by atoms with Gasteiger partial charge in [-0.3, -0.25) is 4.79 Å². The van der Waals surface area contributed by atoms with E-state index in [0.29, 0.717) is 22.6 Å². The fraction of sp³-hybridized carbons (Fsp3) is 0.500. The molecule has 4 heteroatoms. The van der Waals surface area contributed by atoms with E-state index in [1.54, 1.807) is 18.2 Å². The first-order valence-corrected chi connectivity index (χ1v) is 7.02. The summed E-state index contributed by atoms with van der Waals surface area (Å²) in [6, 6.07) is 5.33. The molecule has 2 heterocycles. The van der Waals surface area contributed by atoms with Gasteiger partial charge in [-0.15, -0.1) is 0 Å². The van der Waals surface area contributed by atoms with E-state index in [2.05, 4.69) is 0 Å². The summed E-state index contributed by atoms with van der Waals surface area (Å²) < 4.78 is 5.72. The van der Waals surface area contributed by atoms with Crippen LogP contribution in [0.4, 0.5) is 0 Å². The van der Waals surface area contributed by atoms with Gasteiger partial charge in [0.15, 0.2) is 0 Å². The first kappa shape index (κ1) is 12.5. The molecule has 96 valence electrons. The molecule has 3 atom stereocenters. The van der Waals surface area contributed by atoms with Crippen molar-refractivity contribution in [2.24, 2.45) is 5.92 Å². The molecular formula is C14H14Cl2O2. The largest absolute Gasteiger partial charge is 0.374 e. The Hall–Kier alpha value is -0.570. The normalized spacial score (nSPS) is 29.8. The minimum atomic E-state index is 0.0380. The molecule has 2 aliphatic heterocycles. The van der Waals surface area contributed by atoms with Crippen LogP contribution in [0.1, 0.15) is 24.8 Å². The van der Waals surface area contributed by atoms with E-state index in [0.717, 1.165) is 24.8 Å². The summed E-state index contributed by atoms with van der Waals surface area (Å²) in [5, 5.41) is 1.14. The van der Waals surface area contributed by atoms with Gasteiger partial charge in [-0.25, -0.2) is 0 Å². The maximum Gasteiger partial charge on any atom is 0.143 e. The molecule has 0 N–H and O–H groups in total. The van der Waals surface area contributed by atoms with Crippen molar-refractivity contribution < 1.29 is 9.53 Å². The number of fused-ring (bicyclic) bond motifs is 2. The lowest BCUT2D eigenvalue weighted by Gasteiger charge is -2.17. The number of carbonyl (C=O) groups excluding carboxylic acids is 1. The van der Waals surface area contributed by atoms with Crippen LogP contribution in [-0.4, -0.2) is 18.0 Å². The van der Waals surface area contributed by atoms with Gasteiger partial charge in [-0.05, 0) is 37.0 Å². The molecule has 18 heavy (non-hydrogen) atoms. The Morgan fingerprint density at radius 3 is 2.56 bits per heavy atom. The molecule has 0 saturated carbocycles. The number of rotatable bonds is 3. The number of Topliss-reactive ketones (excluding diaryl/α,β-unsaturated/α-hetero) is 1. The Morgan fingerprint density at radius 2 is 2.00 bits per heavy atom. The third-order valence-electron chi connectivity index (χ3n) is 3.93. The van der Waals surface area contributed by atoms with Crippen molar-refractivity contribution in [1.29, 1.82) is 0 Å². The second kappa shape index (κ2) is 4.84. The van der Waals surface area contributed by atoms with Gasteiger partial charge in [-0.2, -0.15) is 0 Å². The minimum Gasteiger partial charge on any atom is -0.374 e. The van der Waals surface area contributed by atoms with Crippen molar-refractivity contribution >= 4 is 29.0 Å². The highest BCUT2D eigenvalue weighted by molar-refractivity contribution is 6.36. The Labute approximate surface area is 116 Å². The van der Waals surface area contributed by atoms with E-state index in [1.165, 1.54) is 0 Å². The molecule has 1 aromatic rings. The second-order valence-corrected chi connectivity index (χ2v) is 5.87. The monoisotopic (exact) mass is 284 g/mol. The molecule has 0 radical (unpaired) electrons. The van der Waals surface area contributed by atoms with E-state index in [-0.39, 0.29) is 17.8 Å². The van der Waals surface area contributed by atoms with Gasteiger partial charge in [0.05, 0.1) is 12.2 Å². The zero-order valence-electron chi connectivity index (χ0n) is 9.86. The molecular weight excluding hydrogens is 271 g/mol. The zero-order valence-corrected chi connectivity index (χ0v) is 11.4. The highest BCUT2D eigenvalue weighted by atomic mass is 35.5. The number of hydrogen-bond acceptors (Lipinski definition) is 2. The summed E-state index contributed by atoms with van der Waals surface area (Å²) in [6.45, 7) is 0. The average molecular weight is 285 g/mol. The van der Waals surface area contributed by atoms with Crippen LogP contribution in [0.15, 0.2) is 18.2 Å². The topological polar surface area (TPSA) is 26.3 Å². The summed E-state index contributed by atoms with van der Waals surface area (Å²) in [5.74, 6) is 0.244. The van der Waals surface area contributed by atoms with Crippen molar-refractivity contribution in [2.75, 3.05) is 0 Å². The number of hydrogen-bond donors (Lipinski definition) is 0.